The van der Waals surface area contributed by atoms with E-state index in [0.717, 1.165) is 11.1 Å². The van der Waals surface area contributed by atoms with E-state index in [-0.39, 0.29) is 29.0 Å². The number of piperazine rings is 1. The lowest BCUT2D eigenvalue weighted by Crippen LogP contribution is -2.51. The fraction of sp³-hybridized carbons (Fsp3) is 0.391. The first-order chi connectivity index (χ1) is 15.8. The van der Waals surface area contributed by atoms with E-state index in [2.05, 4.69) is 0 Å². The Kier molecular flexibility index (Phi) is 8.16. The van der Waals surface area contributed by atoms with Gasteiger partial charge in [-0.25, -0.2) is 0 Å². The topological polar surface area (TPSA) is 102 Å². The van der Waals surface area contributed by atoms with Crippen molar-refractivity contribution in [2.45, 2.75) is 12.7 Å². The third kappa shape index (κ3) is 5.95. The van der Waals surface area contributed by atoms with E-state index < -0.39 is 4.92 Å². The van der Waals surface area contributed by atoms with Gasteiger partial charge in [0.2, 0.25) is 5.91 Å². The van der Waals surface area contributed by atoms with Gasteiger partial charge in [0, 0.05) is 43.6 Å². The molecule has 10 heteroatoms. The Bertz CT molecular complexity index is 1040. The quantitative estimate of drug-likeness (QED) is 0.429. The number of methoxy groups -OCH3 is 2. The monoisotopic (exact) mass is 473 g/mol. The van der Waals surface area contributed by atoms with Crippen LogP contribution in [0.15, 0.2) is 36.4 Å². The van der Waals surface area contributed by atoms with Gasteiger partial charge in [-0.3, -0.25) is 19.7 Å². The molecule has 0 N–H and O–H groups in total. The first-order valence-electron chi connectivity index (χ1n) is 10.4. The van der Waals surface area contributed by atoms with Gasteiger partial charge in [-0.1, -0.05) is 12.1 Å². The van der Waals surface area contributed by atoms with Crippen LogP contribution in [0.3, 0.4) is 0 Å². The summed E-state index contributed by atoms with van der Waals surface area (Å²) in [6, 6.07) is 10.2. The lowest BCUT2D eigenvalue weighted by molar-refractivity contribution is -0.385. The van der Waals surface area contributed by atoms with Crippen LogP contribution in [0.25, 0.3) is 0 Å². The highest BCUT2D eigenvalue weighted by atomic mass is 32.2. The summed E-state index contributed by atoms with van der Waals surface area (Å²) in [5.74, 6) is 1.55. The number of hydrogen-bond acceptors (Lipinski definition) is 7. The Hall–Kier alpha value is -3.27. The van der Waals surface area contributed by atoms with E-state index in [1.807, 2.05) is 13.0 Å². The minimum absolute atomic E-state index is 0.00730. The Labute approximate surface area is 196 Å². The second kappa shape index (κ2) is 11.0. The molecule has 33 heavy (non-hydrogen) atoms. The zero-order chi connectivity index (χ0) is 24.0. The number of carbonyl (C=O) groups excluding carboxylic acids is 2. The Balaban J connectivity index is 1.48. The van der Waals surface area contributed by atoms with Crippen molar-refractivity contribution in [3.05, 3.63) is 63.2 Å². The number of ether oxygens (including phenoxy) is 2. The minimum atomic E-state index is -0.481. The lowest BCUT2D eigenvalue weighted by Gasteiger charge is -2.35. The number of thioether (sulfide) groups is 1. The number of nitro benzene ring substituents is 1. The number of benzene rings is 2. The molecule has 2 aromatic rings. The molecule has 2 amide bonds. The van der Waals surface area contributed by atoms with Gasteiger partial charge in [-0.15, -0.1) is 11.8 Å². The van der Waals surface area contributed by atoms with Crippen molar-refractivity contribution in [1.29, 1.82) is 0 Å². The van der Waals surface area contributed by atoms with Gasteiger partial charge in [0.1, 0.15) is 5.75 Å². The lowest BCUT2D eigenvalue weighted by atomic mass is 10.1. The van der Waals surface area contributed by atoms with Gasteiger partial charge in [0.25, 0.3) is 5.91 Å². The summed E-state index contributed by atoms with van der Waals surface area (Å²) in [4.78, 5) is 39.6. The van der Waals surface area contributed by atoms with Crippen LogP contribution < -0.4 is 9.47 Å². The van der Waals surface area contributed by atoms with Crippen molar-refractivity contribution in [2.75, 3.05) is 46.2 Å². The summed E-state index contributed by atoms with van der Waals surface area (Å²) in [7, 11) is 2.97. The fourth-order valence-electron chi connectivity index (χ4n) is 3.61. The highest BCUT2D eigenvalue weighted by Gasteiger charge is 2.25. The molecule has 1 aliphatic rings. The number of hydrogen-bond donors (Lipinski definition) is 0. The summed E-state index contributed by atoms with van der Waals surface area (Å²) in [5, 5.41) is 11.2. The third-order valence-corrected chi connectivity index (χ3v) is 6.50. The number of amides is 2. The predicted molar refractivity (Wildman–Crippen MR) is 126 cm³/mol. The zero-order valence-electron chi connectivity index (χ0n) is 18.9. The maximum Gasteiger partial charge on any atom is 0.311 e. The summed E-state index contributed by atoms with van der Waals surface area (Å²) < 4.78 is 10.3. The van der Waals surface area contributed by atoms with Gasteiger partial charge < -0.3 is 19.3 Å². The van der Waals surface area contributed by atoms with Crippen molar-refractivity contribution >= 4 is 29.3 Å². The zero-order valence-corrected chi connectivity index (χ0v) is 19.7. The van der Waals surface area contributed by atoms with Crippen molar-refractivity contribution < 1.29 is 24.0 Å². The normalized spacial score (nSPS) is 13.5. The number of nitrogens with zero attached hydrogens (tertiary/aromatic N) is 3. The number of aryl methyl sites for hydroxylation is 1. The number of nitro groups is 1. The molecule has 1 fully saturated rings. The summed E-state index contributed by atoms with van der Waals surface area (Å²) in [6.07, 6.45) is 0. The Morgan fingerprint density at radius 3 is 2.30 bits per heavy atom. The molecule has 0 spiro atoms. The molecule has 0 aromatic heterocycles. The van der Waals surface area contributed by atoms with Crippen molar-refractivity contribution in [3.8, 4) is 11.5 Å². The van der Waals surface area contributed by atoms with Gasteiger partial charge in [-0.2, -0.15) is 0 Å². The first kappa shape index (κ1) is 24.4. The molecule has 0 unspecified atom stereocenters. The molecule has 1 aliphatic heterocycles. The van der Waals surface area contributed by atoms with Gasteiger partial charge in [-0.05, 0) is 36.2 Å². The predicted octanol–water partition coefficient (Wildman–Crippen LogP) is 3.14. The second-order valence-corrected chi connectivity index (χ2v) is 8.60. The molecule has 0 bridgehead atoms. The molecule has 9 nitrogen and oxygen atoms in total. The van der Waals surface area contributed by atoms with E-state index in [1.165, 1.54) is 24.9 Å². The van der Waals surface area contributed by atoms with Crippen LogP contribution in [0, 0.1) is 17.0 Å². The molecule has 0 radical (unpaired) electrons. The molecule has 3 rings (SSSR count). The van der Waals surface area contributed by atoms with Crippen LogP contribution in [0.4, 0.5) is 5.69 Å². The number of carbonyl (C=O) groups is 2. The Morgan fingerprint density at radius 1 is 1.00 bits per heavy atom. The smallest absolute Gasteiger partial charge is 0.311 e. The molecule has 2 aromatic carbocycles. The molecular weight excluding hydrogens is 446 g/mol. The molecule has 1 heterocycles. The summed E-state index contributed by atoms with van der Waals surface area (Å²) >= 11 is 1.40. The molecule has 0 saturated carbocycles. The molecule has 0 atom stereocenters. The maximum atomic E-state index is 12.8. The highest BCUT2D eigenvalue weighted by Crippen LogP contribution is 2.29. The second-order valence-electron chi connectivity index (χ2n) is 7.61. The van der Waals surface area contributed by atoms with Crippen LogP contribution in [0.5, 0.6) is 11.5 Å². The molecule has 0 aliphatic carbocycles. The SMILES string of the molecule is COc1cc(C(=O)N2CCN(C(=O)CSCc3ccc(OC)c([N+](=O)[O-])c3)CC2)ccc1C. The van der Waals surface area contributed by atoms with E-state index in [9.17, 15) is 19.7 Å². The van der Waals surface area contributed by atoms with Crippen molar-refractivity contribution in [1.82, 2.24) is 9.80 Å². The summed E-state index contributed by atoms with van der Waals surface area (Å²) in [6.45, 7) is 3.81. The summed E-state index contributed by atoms with van der Waals surface area (Å²) in [5.41, 5.74) is 2.20. The van der Waals surface area contributed by atoms with Crippen molar-refractivity contribution in [3.63, 3.8) is 0 Å². The van der Waals surface area contributed by atoms with Gasteiger partial charge >= 0.3 is 5.69 Å². The van der Waals surface area contributed by atoms with Gasteiger partial charge in [0.15, 0.2) is 5.75 Å². The van der Waals surface area contributed by atoms with Crippen LogP contribution in [-0.2, 0) is 10.5 Å². The fourth-order valence-corrected chi connectivity index (χ4v) is 4.48. The average Bonchev–Trinajstić information content (AvgIpc) is 2.83. The van der Waals surface area contributed by atoms with E-state index in [0.29, 0.717) is 43.2 Å². The van der Waals surface area contributed by atoms with Crippen LogP contribution in [0.1, 0.15) is 21.5 Å². The van der Waals surface area contributed by atoms with E-state index in [1.54, 1.807) is 41.2 Å². The van der Waals surface area contributed by atoms with Gasteiger partial charge in [0.05, 0.1) is 24.9 Å². The van der Waals surface area contributed by atoms with Crippen LogP contribution in [0.2, 0.25) is 0 Å². The largest absolute Gasteiger partial charge is 0.496 e. The maximum absolute atomic E-state index is 12.8. The highest BCUT2D eigenvalue weighted by molar-refractivity contribution is 7.99. The van der Waals surface area contributed by atoms with E-state index >= 15 is 0 Å². The average molecular weight is 474 g/mol. The van der Waals surface area contributed by atoms with Crippen molar-refractivity contribution in [2.24, 2.45) is 0 Å². The molecule has 176 valence electrons. The Morgan fingerprint density at radius 2 is 1.67 bits per heavy atom. The van der Waals surface area contributed by atoms with Crippen LogP contribution in [-0.4, -0.2) is 72.7 Å². The molecular formula is C23H27N3O6S. The van der Waals surface area contributed by atoms with Crippen LogP contribution >= 0.6 is 11.8 Å². The number of rotatable bonds is 8. The minimum Gasteiger partial charge on any atom is -0.496 e. The first-order valence-corrected chi connectivity index (χ1v) is 11.6. The third-order valence-electron chi connectivity index (χ3n) is 5.51. The standard InChI is InChI=1S/C23H27N3O6S/c1-16-4-6-18(13-21(16)32-3)23(28)25-10-8-24(9-11-25)22(27)15-33-14-17-5-7-20(31-2)19(12-17)26(29)30/h4-7,12-13H,8-11,14-15H2,1-3H3. The molecule has 1 saturated heterocycles. The van der Waals surface area contributed by atoms with E-state index in [4.69, 9.17) is 9.47 Å².